The molecule has 184 valence electrons. The van der Waals surface area contributed by atoms with Gasteiger partial charge in [0, 0.05) is 19.2 Å². The third kappa shape index (κ3) is 4.90. The molecule has 0 spiro atoms. The number of ether oxygens (including phenoxy) is 2. The highest BCUT2D eigenvalue weighted by atomic mass is 16.5. The van der Waals surface area contributed by atoms with Gasteiger partial charge in [0.05, 0.1) is 37.2 Å². The van der Waals surface area contributed by atoms with E-state index in [0.717, 1.165) is 10.1 Å². The summed E-state index contributed by atoms with van der Waals surface area (Å²) in [6.07, 6.45) is 0. The number of fused-ring (bicyclic) bond motifs is 1. The molecule has 1 aromatic heterocycles. The van der Waals surface area contributed by atoms with Crippen LogP contribution in [-0.4, -0.2) is 35.2 Å². The molecule has 9 heteroatoms. The van der Waals surface area contributed by atoms with Crippen LogP contribution in [0.15, 0.2) is 76.3 Å². The molecule has 0 aliphatic heterocycles. The van der Waals surface area contributed by atoms with Crippen LogP contribution < -0.4 is 21.3 Å². The molecular weight excluding hydrogens is 462 g/mol. The first kappa shape index (κ1) is 24.5. The first-order chi connectivity index (χ1) is 17.3. The van der Waals surface area contributed by atoms with Gasteiger partial charge in [-0.1, -0.05) is 24.3 Å². The quantitative estimate of drug-likeness (QED) is 0.401. The Bertz CT molecular complexity index is 1570. The summed E-state index contributed by atoms with van der Waals surface area (Å²) >= 11 is 0. The molecule has 1 heterocycles. The lowest BCUT2D eigenvalue weighted by molar-refractivity contribution is 0.0600. The van der Waals surface area contributed by atoms with Gasteiger partial charge in [0.15, 0.2) is 0 Å². The predicted molar refractivity (Wildman–Crippen MR) is 134 cm³/mol. The van der Waals surface area contributed by atoms with Crippen molar-refractivity contribution in [2.75, 3.05) is 14.2 Å². The standard InChI is InChI=1S/C27H25N3O6/c1-29-23-12-11-20(24(31)28-15-18-5-4-6-21(13-18)35-2)14-22(23)25(32)30(27(29)34)16-17-7-9-19(10-8-17)26(33)36-3/h4-14H,15-16H2,1-3H3,(H,28,31). The van der Waals surface area contributed by atoms with Gasteiger partial charge in [0.2, 0.25) is 0 Å². The topological polar surface area (TPSA) is 109 Å². The van der Waals surface area contributed by atoms with Crippen molar-refractivity contribution in [3.63, 3.8) is 0 Å². The van der Waals surface area contributed by atoms with Crippen LogP contribution in [0.1, 0.15) is 31.8 Å². The zero-order chi connectivity index (χ0) is 25.8. The summed E-state index contributed by atoms with van der Waals surface area (Å²) in [7, 11) is 4.44. The van der Waals surface area contributed by atoms with E-state index in [1.807, 2.05) is 24.3 Å². The summed E-state index contributed by atoms with van der Waals surface area (Å²) in [5, 5.41) is 3.09. The van der Waals surface area contributed by atoms with E-state index in [4.69, 9.17) is 9.47 Å². The second-order valence-corrected chi connectivity index (χ2v) is 8.19. The number of rotatable bonds is 7. The fourth-order valence-electron chi connectivity index (χ4n) is 3.91. The van der Waals surface area contributed by atoms with Crippen LogP contribution in [0.3, 0.4) is 0 Å². The molecule has 4 aromatic rings. The van der Waals surface area contributed by atoms with Crippen LogP contribution in [-0.2, 0) is 24.9 Å². The number of methoxy groups -OCH3 is 2. The number of amides is 1. The van der Waals surface area contributed by atoms with Gasteiger partial charge in [-0.25, -0.2) is 9.59 Å². The second-order valence-electron chi connectivity index (χ2n) is 8.19. The minimum atomic E-state index is -0.507. The molecule has 9 nitrogen and oxygen atoms in total. The van der Waals surface area contributed by atoms with E-state index >= 15 is 0 Å². The number of hydrogen-bond donors (Lipinski definition) is 1. The summed E-state index contributed by atoms with van der Waals surface area (Å²) in [5.74, 6) is -0.135. The number of aromatic nitrogens is 2. The van der Waals surface area contributed by atoms with E-state index in [2.05, 4.69) is 5.32 Å². The molecule has 36 heavy (non-hydrogen) atoms. The summed E-state index contributed by atoms with van der Waals surface area (Å²) in [4.78, 5) is 50.7. The number of nitrogens with zero attached hydrogens (tertiary/aromatic N) is 2. The zero-order valence-electron chi connectivity index (χ0n) is 20.1. The average molecular weight is 488 g/mol. The molecule has 3 aromatic carbocycles. The Hall–Kier alpha value is -4.66. The van der Waals surface area contributed by atoms with Crippen LogP contribution >= 0.6 is 0 Å². The molecule has 0 saturated carbocycles. The maximum Gasteiger partial charge on any atom is 0.337 e. The lowest BCUT2D eigenvalue weighted by atomic mass is 10.1. The van der Waals surface area contributed by atoms with Gasteiger partial charge < -0.3 is 14.8 Å². The van der Waals surface area contributed by atoms with Crippen molar-refractivity contribution in [2.24, 2.45) is 7.05 Å². The van der Waals surface area contributed by atoms with Crippen molar-refractivity contribution in [2.45, 2.75) is 13.1 Å². The summed E-state index contributed by atoms with van der Waals surface area (Å²) < 4.78 is 12.4. The van der Waals surface area contributed by atoms with Gasteiger partial charge in [-0.15, -0.1) is 0 Å². The summed E-state index contributed by atoms with van der Waals surface area (Å²) in [6.45, 7) is 0.294. The van der Waals surface area contributed by atoms with Crippen molar-refractivity contribution in [3.8, 4) is 5.75 Å². The van der Waals surface area contributed by atoms with Crippen molar-refractivity contribution in [1.82, 2.24) is 14.5 Å². The van der Waals surface area contributed by atoms with Crippen molar-refractivity contribution in [3.05, 3.63) is 110 Å². The minimum absolute atomic E-state index is 0.00909. The van der Waals surface area contributed by atoms with Gasteiger partial charge in [0.25, 0.3) is 11.5 Å². The van der Waals surface area contributed by atoms with Gasteiger partial charge in [0.1, 0.15) is 5.75 Å². The van der Waals surface area contributed by atoms with Gasteiger partial charge in [-0.05, 0) is 53.6 Å². The van der Waals surface area contributed by atoms with Crippen LogP contribution in [0.5, 0.6) is 5.75 Å². The number of carbonyl (C=O) groups excluding carboxylic acids is 2. The molecule has 0 saturated heterocycles. The molecule has 0 bridgehead atoms. The highest BCUT2D eigenvalue weighted by Crippen LogP contribution is 2.14. The number of nitrogens with one attached hydrogen (secondary N) is 1. The molecule has 1 amide bonds. The molecule has 1 N–H and O–H groups in total. The number of hydrogen-bond acceptors (Lipinski definition) is 6. The van der Waals surface area contributed by atoms with Crippen LogP contribution in [0, 0.1) is 0 Å². The Morgan fingerprint density at radius 1 is 0.889 bits per heavy atom. The SMILES string of the molecule is COC(=O)c1ccc(Cn2c(=O)c3cc(C(=O)NCc4cccc(OC)c4)ccc3n(C)c2=O)cc1. The normalized spacial score (nSPS) is 10.8. The Morgan fingerprint density at radius 3 is 2.31 bits per heavy atom. The van der Waals surface area contributed by atoms with Gasteiger partial charge in [-0.3, -0.25) is 18.7 Å². The Labute approximate surface area is 206 Å². The highest BCUT2D eigenvalue weighted by Gasteiger charge is 2.15. The molecule has 0 fully saturated rings. The van der Waals surface area contributed by atoms with Crippen molar-refractivity contribution in [1.29, 1.82) is 0 Å². The van der Waals surface area contributed by atoms with E-state index in [1.54, 1.807) is 50.6 Å². The van der Waals surface area contributed by atoms with Crippen molar-refractivity contribution < 1.29 is 19.1 Å². The fourth-order valence-corrected chi connectivity index (χ4v) is 3.91. The Kier molecular flexibility index (Phi) is 7.00. The second kappa shape index (κ2) is 10.3. The maximum atomic E-state index is 13.3. The van der Waals surface area contributed by atoms with Crippen molar-refractivity contribution >= 4 is 22.8 Å². The third-order valence-corrected chi connectivity index (χ3v) is 5.92. The maximum absolute atomic E-state index is 13.3. The van der Waals surface area contributed by atoms with E-state index in [1.165, 1.54) is 17.7 Å². The lowest BCUT2D eigenvalue weighted by Gasteiger charge is -2.12. The summed E-state index contributed by atoms with van der Waals surface area (Å²) in [6, 6.07) is 18.5. The fraction of sp³-hybridized carbons (Fsp3) is 0.185. The first-order valence-electron chi connectivity index (χ1n) is 11.1. The molecule has 0 unspecified atom stereocenters. The van der Waals surface area contributed by atoms with E-state index in [-0.39, 0.29) is 24.4 Å². The average Bonchev–Trinajstić information content (AvgIpc) is 2.92. The number of carbonyl (C=O) groups is 2. The molecule has 0 aliphatic rings. The number of esters is 1. The first-order valence-corrected chi connectivity index (χ1v) is 11.1. The lowest BCUT2D eigenvalue weighted by Crippen LogP contribution is -2.39. The zero-order valence-corrected chi connectivity index (χ0v) is 20.1. The van der Waals surface area contributed by atoms with Gasteiger partial charge >= 0.3 is 11.7 Å². The molecule has 0 aliphatic carbocycles. The van der Waals surface area contributed by atoms with E-state index < -0.39 is 17.2 Å². The predicted octanol–water partition coefficient (Wildman–Crippen LogP) is 2.47. The molecule has 0 atom stereocenters. The van der Waals surface area contributed by atoms with Crippen LogP contribution in [0.25, 0.3) is 10.9 Å². The third-order valence-electron chi connectivity index (χ3n) is 5.92. The molecule has 0 radical (unpaired) electrons. The smallest absolute Gasteiger partial charge is 0.337 e. The highest BCUT2D eigenvalue weighted by molar-refractivity contribution is 5.97. The van der Waals surface area contributed by atoms with Crippen LogP contribution in [0.4, 0.5) is 0 Å². The van der Waals surface area contributed by atoms with E-state index in [0.29, 0.717) is 28.0 Å². The van der Waals surface area contributed by atoms with E-state index in [9.17, 15) is 19.2 Å². The Balaban J connectivity index is 1.63. The van der Waals surface area contributed by atoms with Crippen LogP contribution in [0.2, 0.25) is 0 Å². The van der Waals surface area contributed by atoms with Gasteiger partial charge in [-0.2, -0.15) is 0 Å². The Morgan fingerprint density at radius 2 is 1.61 bits per heavy atom. The number of aryl methyl sites for hydroxylation is 1. The number of benzene rings is 3. The summed E-state index contributed by atoms with van der Waals surface area (Å²) in [5.41, 5.74) is 1.62. The molecular formula is C27H25N3O6. The largest absolute Gasteiger partial charge is 0.497 e. The minimum Gasteiger partial charge on any atom is -0.497 e. The molecule has 4 rings (SSSR count). The monoisotopic (exact) mass is 487 g/mol.